The van der Waals surface area contributed by atoms with Gasteiger partial charge < -0.3 is 15.2 Å². The van der Waals surface area contributed by atoms with E-state index >= 15 is 0 Å². The van der Waals surface area contributed by atoms with E-state index in [2.05, 4.69) is 12.2 Å². The summed E-state index contributed by atoms with van der Waals surface area (Å²) in [5.74, 6) is -2.62. The fraction of sp³-hybridized carbons (Fsp3) is 0.786. The summed E-state index contributed by atoms with van der Waals surface area (Å²) in [6.45, 7) is 3.69. The van der Waals surface area contributed by atoms with Crippen molar-refractivity contribution < 1.29 is 24.2 Å². The molecule has 0 unspecified atom stereocenters. The first kappa shape index (κ1) is 16.5. The fourth-order valence-corrected chi connectivity index (χ4v) is 2.31. The van der Waals surface area contributed by atoms with Crippen molar-refractivity contribution >= 4 is 17.8 Å². The van der Waals surface area contributed by atoms with Crippen molar-refractivity contribution in [2.24, 2.45) is 5.92 Å². The monoisotopic (exact) mass is 285 g/mol. The molecular weight excluding hydrogens is 262 g/mol. The standard InChI is InChI=1S/C14H23NO5/c1-3-4-5-6-7-8-10(16)20-9(2)11-12(14(18)19)15-13(11)17/h9,11-12H,3-8H2,1-2H3,(H,15,17)(H,18,19)/t9-,11-,12+/m1/s1. The zero-order valence-electron chi connectivity index (χ0n) is 12.1. The number of carbonyl (C=O) groups excluding carboxylic acids is 2. The largest absolute Gasteiger partial charge is 0.480 e. The molecule has 0 aromatic heterocycles. The third kappa shape index (κ3) is 4.51. The Bertz CT molecular complexity index is 369. The Labute approximate surface area is 118 Å². The maximum Gasteiger partial charge on any atom is 0.327 e. The summed E-state index contributed by atoms with van der Waals surface area (Å²) in [4.78, 5) is 33.8. The summed E-state index contributed by atoms with van der Waals surface area (Å²) in [5.41, 5.74) is 0. The van der Waals surface area contributed by atoms with Crippen molar-refractivity contribution in [2.75, 3.05) is 0 Å². The molecule has 0 bridgehead atoms. The Morgan fingerprint density at radius 1 is 1.30 bits per heavy atom. The van der Waals surface area contributed by atoms with E-state index in [-0.39, 0.29) is 11.9 Å². The summed E-state index contributed by atoms with van der Waals surface area (Å²) in [7, 11) is 0. The number of aliphatic carboxylic acids is 1. The van der Waals surface area contributed by atoms with Gasteiger partial charge in [0.2, 0.25) is 5.91 Å². The third-order valence-corrected chi connectivity index (χ3v) is 3.53. The Balaban J connectivity index is 2.27. The number of hydrogen-bond donors (Lipinski definition) is 2. The van der Waals surface area contributed by atoms with Gasteiger partial charge in [-0.1, -0.05) is 32.6 Å². The van der Waals surface area contributed by atoms with Crippen molar-refractivity contribution in [1.29, 1.82) is 0 Å². The highest BCUT2D eigenvalue weighted by molar-refractivity contribution is 5.97. The van der Waals surface area contributed by atoms with Gasteiger partial charge >= 0.3 is 11.9 Å². The SMILES string of the molecule is CCCCCCCC(=O)O[C@H](C)[C@H]1C(=O)N[C@@H]1C(=O)O. The predicted molar refractivity (Wildman–Crippen MR) is 72.0 cm³/mol. The van der Waals surface area contributed by atoms with E-state index < -0.39 is 24.0 Å². The minimum atomic E-state index is -1.10. The molecule has 1 fully saturated rings. The predicted octanol–water partition coefficient (Wildman–Crippen LogP) is 1.48. The lowest BCUT2D eigenvalue weighted by molar-refractivity contribution is -0.166. The summed E-state index contributed by atoms with van der Waals surface area (Å²) in [5, 5.41) is 11.2. The lowest BCUT2D eigenvalue weighted by Gasteiger charge is -2.36. The highest BCUT2D eigenvalue weighted by atomic mass is 16.5. The molecule has 1 rings (SSSR count). The molecule has 1 saturated heterocycles. The molecule has 114 valence electrons. The van der Waals surface area contributed by atoms with Crippen molar-refractivity contribution in [3.63, 3.8) is 0 Å². The van der Waals surface area contributed by atoms with Crippen LogP contribution >= 0.6 is 0 Å². The van der Waals surface area contributed by atoms with E-state index in [0.717, 1.165) is 32.1 Å². The number of amides is 1. The molecule has 1 amide bonds. The molecule has 2 N–H and O–H groups in total. The van der Waals surface area contributed by atoms with Gasteiger partial charge in [0.25, 0.3) is 0 Å². The second-order valence-corrected chi connectivity index (χ2v) is 5.21. The zero-order chi connectivity index (χ0) is 15.1. The van der Waals surface area contributed by atoms with E-state index in [1.165, 1.54) is 0 Å². The molecule has 0 radical (unpaired) electrons. The van der Waals surface area contributed by atoms with Gasteiger partial charge in [-0.05, 0) is 13.3 Å². The molecule has 6 heteroatoms. The molecular formula is C14H23NO5. The number of unbranched alkanes of at least 4 members (excludes halogenated alkanes) is 4. The van der Waals surface area contributed by atoms with E-state index in [0.29, 0.717) is 6.42 Å². The van der Waals surface area contributed by atoms with Gasteiger partial charge in [0.15, 0.2) is 0 Å². The van der Waals surface area contributed by atoms with Gasteiger partial charge in [0.05, 0.1) is 0 Å². The number of nitrogens with one attached hydrogen (secondary N) is 1. The molecule has 0 aliphatic carbocycles. The smallest absolute Gasteiger partial charge is 0.327 e. The molecule has 1 heterocycles. The number of carbonyl (C=O) groups is 3. The van der Waals surface area contributed by atoms with Crippen LogP contribution in [0.4, 0.5) is 0 Å². The maximum absolute atomic E-state index is 11.6. The normalized spacial score (nSPS) is 22.6. The van der Waals surface area contributed by atoms with Crippen LogP contribution in [0.25, 0.3) is 0 Å². The molecule has 20 heavy (non-hydrogen) atoms. The van der Waals surface area contributed by atoms with Gasteiger partial charge in [0.1, 0.15) is 18.1 Å². The van der Waals surface area contributed by atoms with Gasteiger partial charge in [-0.2, -0.15) is 0 Å². The van der Waals surface area contributed by atoms with Crippen LogP contribution < -0.4 is 5.32 Å². The van der Waals surface area contributed by atoms with E-state index in [4.69, 9.17) is 9.84 Å². The maximum atomic E-state index is 11.6. The van der Waals surface area contributed by atoms with Gasteiger partial charge in [-0.25, -0.2) is 4.79 Å². The van der Waals surface area contributed by atoms with Crippen molar-refractivity contribution in [3.05, 3.63) is 0 Å². The van der Waals surface area contributed by atoms with Crippen LogP contribution in [0.3, 0.4) is 0 Å². The summed E-state index contributed by atoms with van der Waals surface area (Å²) in [6, 6.07) is -0.949. The van der Waals surface area contributed by atoms with Crippen LogP contribution in [-0.4, -0.2) is 35.1 Å². The number of β-lactam (4-membered cyclic amide) rings is 1. The third-order valence-electron chi connectivity index (χ3n) is 3.53. The number of esters is 1. The van der Waals surface area contributed by atoms with E-state index in [9.17, 15) is 14.4 Å². The molecule has 1 aliphatic rings. The number of carboxylic acids is 1. The van der Waals surface area contributed by atoms with Crippen LogP contribution in [0, 0.1) is 5.92 Å². The Kier molecular flexibility index (Phi) is 6.48. The highest BCUT2D eigenvalue weighted by Gasteiger charge is 2.48. The van der Waals surface area contributed by atoms with Crippen LogP contribution in [0.15, 0.2) is 0 Å². The van der Waals surface area contributed by atoms with Crippen LogP contribution in [0.1, 0.15) is 52.4 Å². The van der Waals surface area contributed by atoms with Crippen molar-refractivity contribution in [3.8, 4) is 0 Å². The first-order chi connectivity index (χ1) is 9.47. The number of rotatable bonds is 9. The molecule has 3 atom stereocenters. The Morgan fingerprint density at radius 3 is 2.50 bits per heavy atom. The number of ether oxygens (including phenoxy) is 1. The second kappa shape index (κ2) is 7.87. The average molecular weight is 285 g/mol. The lowest BCUT2D eigenvalue weighted by Crippen LogP contribution is -2.65. The minimum absolute atomic E-state index is 0.320. The molecule has 6 nitrogen and oxygen atoms in total. The minimum Gasteiger partial charge on any atom is -0.480 e. The highest BCUT2D eigenvalue weighted by Crippen LogP contribution is 2.22. The van der Waals surface area contributed by atoms with Gasteiger partial charge in [-0.3, -0.25) is 9.59 Å². The molecule has 0 aromatic rings. The van der Waals surface area contributed by atoms with Crippen molar-refractivity contribution in [2.45, 2.75) is 64.5 Å². The van der Waals surface area contributed by atoms with Crippen LogP contribution in [0.5, 0.6) is 0 Å². The van der Waals surface area contributed by atoms with E-state index in [1.54, 1.807) is 6.92 Å². The quantitative estimate of drug-likeness (QED) is 0.380. The average Bonchev–Trinajstić information content (AvgIpc) is 2.34. The fourth-order valence-electron chi connectivity index (χ4n) is 2.31. The van der Waals surface area contributed by atoms with Gasteiger partial charge in [-0.15, -0.1) is 0 Å². The number of carboxylic acid groups (broad SMARTS) is 1. The lowest BCUT2D eigenvalue weighted by atomic mass is 9.86. The molecule has 0 spiro atoms. The van der Waals surface area contributed by atoms with E-state index in [1.807, 2.05) is 0 Å². The van der Waals surface area contributed by atoms with Crippen LogP contribution in [0.2, 0.25) is 0 Å². The summed E-state index contributed by atoms with van der Waals surface area (Å²) in [6.07, 6.45) is 4.78. The molecule has 0 aromatic carbocycles. The zero-order valence-corrected chi connectivity index (χ0v) is 12.1. The van der Waals surface area contributed by atoms with Gasteiger partial charge in [0, 0.05) is 6.42 Å². The van der Waals surface area contributed by atoms with Crippen LogP contribution in [-0.2, 0) is 19.1 Å². The molecule has 1 aliphatic heterocycles. The number of hydrogen-bond acceptors (Lipinski definition) is 4. The first-order valence-corrected chi connectivity index (χ1v) is 7.20. The van der Waals surface area contributed by atoms with Crippen molar-refractivity contribution in [1.82, 2.24) is 5.32 Å². The molecule has 0 saturated carbocycles. The Morgan fingerprint density at radius 2 is 1.95 bits per heavy atom. The second-order valence-electron chi connectivity index (χ2n) is 5.21. The Hall–Kier alpha value is -1.59. The summed E-state index contributed by atoms with van der Waals surface area (Å²) >= 11 is 0. The topological polar surface area (TPSA) is 92.7 Å². The summed E-state index contributed by atoms with van der Waals surface area (Å²) < 4.78 is 5.15. The first-order valence-electron chi connectivity index (χ1n) is 7.20.